The Kier molecular flexibility index (Phi) is 16.2. The lowest BCUT2D eigenvalue weighted by Gasteiger charge is -2.04. The van der Waals surface area contributed by atoms with Crippen molar-refractivity contribution in [1.82, 2.24) is 30.4 Å². The van der Waals surface area contributed by atoms with Gasteiger partial charge in [0, 0.05) is 33.4 Å². The predicted octanol–water partition coefficient (Wildman–Crippen LogP) is 10.1. The summed E-state index contributed by atoms with van der Waals surface area (Å²) in [5, 5.41) is 12.9. The van der Waals surface area contributed by atoms with Gasteiger partial charge in [0.15, 0.2) is 0 Å². The van der Waals surface area contributed by atoms with Crippen LogP contribution in [0.2, 0.25) is 0 Å². The van der Waals surface area contributed by atoms with Crippen molar-refractivity contribution in [3.05, 3.63) is 108 Å². The number of nitrogens with zero attached hydrogens (tertiary/aromatic N) is 6. The van der Waals surface area contributed by atoms with Crippen molar-refractivity contribution in [2.24, 2.45) is 0 Å². The number of hydrogen-bond acceptors (Lipinski definition) is 15. The van der Waals surface area contributed by atoms with Crippen LogP contribution in [-0.4, -0.2) is 61.7 Å². The van der Waals surface area contributed by atoms with Crippen LogP contribution < -0.4 is 0 Å². The molecule has 0 amide bonds. The van der Waals surface area contributed by atoms with E-state index in [1.807, 2.05) is 38.1 Å². The minimum Gasteiger partial charge on any atom is -0.462 e. The van der Waals surface area contributed by atoms with E-state index in [2.05, 4.69) is 44.5 Å². The third-order valence-corrected chi connectivity index (χ3v) is 9.13. The van der Waals surface area contributed by atoms with E-state index < -0.39 is 11.9 Å². The van der Waals surface area contributed by atoms with Crippen LogP contribution in [0.25, 0.3) is 68.5 Å². The first kappa shape index (κ1) is 44.7. The second-order valence-electron chi connectivity index (χ2n) is 13.6. The van der Waals surface area contributed by atoms with Crippen molar-refractivity contribution in [1.29, 1.82) is 0 Å². The molecule has 314 valence electrons. The molecule has 0 spiro atoms. The van der Waals surface area contributed by atoms with Gasteiger partial charge in [-0.05, 0) is 98.0 Å². The van der Waals surface area contributed by atoms with E-state index in [0.29, 0.717) is 63.9 Å². The van der Waals surface area contributed by atoms with Crippen LogP contribution in [0.1, 0.15) is 93.0 Å². The highest BCUT2D eigenvalue weighted by atomic mass is 16.5. The number of carbonyl (C=O) groups is 2. The largest absolute Gasteiger partial charge is 0.462 e. The lowest BCUT2D eigenvalue weighted by molar-refractivity contribution is -0.191. The van der Waals surface area contributed by atoms with Gasteiger partial charge in [0.05, 0.1) is 24.3 Å². The van der Waals surface area contributed by atoms with Crippen LogP contribution in [0.5, 0.6) is 0 Å². The highest BCUT2D eigenvalue weighted by molar-refractivity contribution is 5.91. The number of rotatable bonds is 17. The fourth-order valence-corrected chi connectivity index (χ4v) is 5.97. The van der Waals surface area contributed by atoms with Crippen LogP contribution in [0.15, 0.2) is 105 Å². The summed E-state index contributed by atoms with van der Waals surface area (Å²) in [6.45, 7) is 6.92. The van der Waals surface area contributed by atoms with E-state index >= 15 is 0 Å². The average molecular weight is 827 g/mol. The molecular weight excluding hydrogens is 781 g/mol. The molecule has 0 aliphatic carbocycles. The van der Waals surface area contributed by atoms with Crippen molar-refractivity contribution in [2.45, 2.75) is 73.1 Å². The lowest BCUT2D eigenvalue weighted by atomic mass is 10.0. The smallest absolute Gasteiger partial charge is 0.373 e. The summed E-state index contributed by atoms with van der Waals surface area (Å²) in [5.41, 5.74) is 5.54. The number of aromatic nitrogens is 6. The highest BCUT2D eigenvalue weighted by Crippen LogP contribution is 2.33. The van der Waals surface area contributed by atoms with Crippen molar-refractivity contribution in [2.75, 3.05) is 13.2 Å². The number of aryl methyl sites for hydroxylation is 1. The number of carbonyl (C=O) groups excluding carboxylic acids is 4. The molecule has 0 aliphatic rings. The number of esters is 2. The molecule has 0 radical (unpaired) electrons. The van der Waals surface area contributed by atoms with Gasteiger partial charge in [-0.25, -0.2) is 9.59 Å². The normalized spacial score (nSPS) is 10.5. The Balaban J connectivity index is 0.00000171. The number of benzene rings is 4. The first-order valence-electron chi connectivity index (χ1n) is 19.6. The molecular formula is C46H46N6O9. The Morgan fingerprint density at radius 3 is 1.30 bits per heavy atom. The van der Waals surface area contributed by atoms with E-state index in [1.165, 1.54) is 5.56 Å². The summed E-state index contributed by atoms with van der Waals surface area (Å²) in [6, 6.07) is 27.2. The SMILES string of the molecule is C.CCCCOC(=O)c1cccc(-c2nc(-c3cc(-c4noc(-c5cccc(CCCC)c5)n4)cc(-c4noc(-c5cccc(C(=O)OCCCC)c5)n4)c3)no2)c1.O=C=O. The molecule has 0 saturated carbocycles. The van der Waals surface area contributed by atoms with E-state index in [0.717, 1.165) is 50.5 Å². The Bertz CT molecular complexity index is 2450. The van der Waals surface area contributed by atoms with Crippen molar-refractivity contribution < 1.29 is 42.2 Å². The third-order valence-electron chi connectivity index (χ3n) is 9.13. The standard InChI is InChI=1S/C44H42N6O7.CO2.CH4/c1-4-7-13-28-14-10-15-29(22-28)40-45-37(48-55-40)34-25-35(38-46-41(56-49-38)30-16-11-18-32(23-30)43(51)53-20-8-5-2)27-36(26-34)39-47-42(57-50-39)31-17-12-19-33(24-31)44(52)54-21-9-6-3;2-1-3;/h10-12,14-19,22-27H,4-9,13,20-21H2,1-3H3;;1H4. The van der Waals surface area contributed by atoms with Gasteiger partial charge in [-0.15, -0.1) is 0 Å². The fraction of sp³-hybridized carbons (Fsp3) is 0.283. The topological polar surface area (TPSA) is 203 Å². The van der Waals surface area contributed by atoms with Gasteiger partial charge < -0.3 is 23.0 Å². The molecule has 0 unspecified atom stereocenters. The van der Waals surface area contributed by atoms with Gasteiger partial charge in [-0.1, -0.05) is 87.2 Å². The first-order chi connectivity index (χ1) is 29.3. The zero-order valence-electron chi connectivity index (χ0n) is 33.4. The Morgan fingerprint density at radius 2 is 0.902 bits per heavy atom. The summed E-state index contributed by atoms with van der Waals surface area (Å²) in [4.78, 5) is 55.7. The fourth-order valence-electron chi connectivity index (χ4n) is 5.97. The van der Waals surface area contributed by atoms with Crippen LogP contribution in [0.3, 0.4) is 0 Å². The van der Waals surface area contributed by atoms with E-state index in [1.54, 1.807) is 54.6 Å². The summed E-state index contributed by atoms with van der Waals surface area (Å²) in [6.07, 6.45) is 6.78. The molecule has 7 aromatic rings. The van der Waals surface area contributed by atoms with Crippen molar-refractivity contribution in [3.63, 3.8) is 0 Å². The van der Waals surface area contributed by atoms with E-state index in [-0.39, 0.29) is 37.0 Å². The summed E-state index contributed by atoms with van der Waals surface area (Å²) in [7, 11) is 0. The third kappa shape index (κ3) is 11.6. The number of unbranched alkanes of at least 4 members (excludes halogenated alkanes) is 3. The zero-order valence-corrected chi connectivity index (χ0v) is 33.4. The summed E-state index contributed by atoms with van der Waals surface area (Å²) in [5.74, 6) is 0.784. The Hall–Kier alpha value is -7.38. The van der Waals surface area contributed by atoms with Crippen LogP contribution in [0, 0.1) is 0 Å². The summed E-state index contributed by atoms with van der Waals surface area (Å²) >= 11 is 0. The minimum atomic E-state index is -0.423. The van der Waals surface area contributed by atoms with Gasteiger partial charge in [0.2, 0.25) is 17.5 Å². The second kappa shape index (κ2) is 22.1. The molecule has 3 aromatic heterocycles. The first-order valence-corrected chi connectivity index (χ1v) is 19.6. The maximum atomic E-state index is 12.7. The van der Waals surface area contributed by atoms with Crippen molar-refractivity contribution in [3.8, 4) is 68.5 Å². The quantitative estimate of drug-likeness (QED) is 0.0619. The number of hydrogen-bond donors (Lipinski definition) is 0. The molecule has 7 rings (SSSR count). The van der Waals surface area contributed by atoms with Gasteiger partial charge in [0.25, 0.3) is 17.7 Å². The molecule has 0 bridgehead atoms. The highest BCUT2D eigenvalue weighted by Gasteiger charge is 2.21. The molecule has 0 aliphatic heterocycles. The molecule has 0 saturated heterocycles. The van der Waals surface area contributed by atoms with Crippen molar-refractivity contribution >= 4 is 18.1 Å². The molecule has 0 atom stereocenters. The molecule has 61 heavy (non-hydrogen) atoms. The molecule has 15 nitrogen and oxygen atoms in total. The molecule has 3 heterocycles. The van der Waals surface area contributed by atoms with Gasteiger partial charge in [0.1, 0.15) is 0 Å². The maximum absolute atomic E-state index is 12.7. The zero-order chi connectivity index (χ0) is 42.3. The lowest BCUT2D eigenvalue weighted by Crippen LogP contribution is -2.06. The minimum absolute atomic E-state index is 0. The van der Waals surface area contributed by atoms with Crippen LogP contribution in [-0.2, 0) is 25.5 Å². The second-order valence-corrected chi connectivity index (χ2v) is 13.6. The molecule has 15 heteroatoms. The molecule has 0 N–H and O–H groups in total. The average Bonchev–Trinajstić information content (AvgIpc) is 4.09. The molecule has 0 fully saturated rings. The van der Waals surface area contributed by atoms with Crippen LogP contribution >= 0.6 is 0 Å². The maximum Gasteiger partial charge on any atom is 0.373 e. The van der Waals surface area contributed by atoms with Gasteiger partial charge in [-0.2, -0.15) is 24.5 Å². The van der Waals surface area contributed by atoms with Gasteiger partial charge in [-0.3, -0.25) is 0 Å². The monoisotopic (exact) mass is 826 g/mol. The van der Waals surface area contributed by atoms with Gasteiger partial charge >= 0.3 is 18.1 Å². The predicted molar refractivity (Wildman–Crippen MR) is 223 cm³/mol. The molecule has 4 aromatic carbocycles. The Labute approximate surface area is 352 Å². The summed E-state index contributed by atoms with van der Waals surface area (Å²) < 4.78 is 28.0. The Morgan fingerprint density at radius 1 is 0.525 bits per heavy atom. The van der Waals surface area contributed by atoms with E-state index in [9.17, 15) is 9.59 Å². The van der Waals surface area contributed by atoms with Crippen LogP contribution in [0.4, 0.5) is 0 Å². The van der Waals surface area contributed by atoms with E-state index in [4.69, 9.17) is 37.6 Å². The number of ether oxygens (including phenoxy) is 2.